The maximum Gasteiger partial charge on any atom is 0.264 e. The van der Waals surface area contributed by atoms with E-state index in [1.54, 1.807) is 57.2 Å². The van der Waals surface area contributed by atoms with Crippen LogP contribution >= 0.6 is 34.8 Å². The van der Waals surface area contributed by atoms with Crippen molar-refractivity contribution in [3.63, 3.8) is 0 Å². The van der Waals surface area contributed by atoms with Gasteiger partial charge in [-0.3, -0.25) is 13.9 Å². The molecule has 0 saturated carbocycles. The highest BCUT2D eigenvalue weighted by molar-refractivity contribution is 7.92. The van der Waals surface area contributed by atoms with Crippen molar-refractivity contribution in [2.45, 2.75) is 38.3 Å². The van der Waals surface area contributed by atoms with Gasteiger partial charge in [-0.1, -0.05) is 53.0 Å². The van der Waals surface area contributed by atoms with Gasteiger partial charge >= 0.3 is 0 Å². The molecule has 1 N–H and O–H groups in total. The summed E-state index contributed by atoms with van der Waals surface area (Å²) in [4.78, 5) is 28.0. The molecule has 0 radical (unpaired) electrons. The molecule has 0 heterocycles. The van der Waals surface area contributed by atoms with Gasteiger partial charge in [-0.25, -0.2) is 8.42 Å². The predicted molar refractivity (Wildman–Crippen MR) is 159 cm³/mol. The molecule has 1 unspecified atom stereocenters. The lowest BCUT2D eigenvalue weighted by Gasteiger charge is -2.32. The molecule has 0 aliphatic heterocycles. The maximum atomic E-state index is 14.0. The van der Waals surface area contributed by atoms with Crippen LogP contribution < -0.4 is 14.4 Å². The molecule has 0 saturated heterocycles. The van der Waals surface area contributed by atoms with Crippen LogP contribution in [0, 0.1) is 0 Å². The Bertz CT molecular complexity index is 1450. The summed E-state index contributed by atoms with van der Waals surface area (Å²) in [7, 11) is -4.28. The summed E-state index contributed by atoms with van der Waals surface area (Å²) >= 11 is 18.4. The van der Waals surface area contributed by atoms with E-state index in [0.29, 0.717) is 27.2 Å². The molecule has 40 heavy (non-hydrogen) atoms. The number of halogens is 3. The summed E-state index contributed by atoms with van der Waals surface area (Å²) in [5.74, 6) is -0.754. The Labute approximate surface area is 249 Å². The first-order chi connectivity index (χ1) is 19.0. The van der Waals surface area contributed by atoms with Crippen molar-refractivity contribution in [1.82, 2.24) is 10.2 Å². The molecule has 8 nitrogen and oxygen atoms in total. The van der Waals surface area contributed by atoms with E-state index in [2.05, 4.69) is 5.32 Å². The fraction of sp³-hybridized carbons (Fsp3) is 0.286. The van der Waals surface area contributed by atoms with E-state index in [4.69, 9.17) is 39.5 Å². The standard InChI is InChI=1S/C28H30Cl3N3O5S/c1-4-32-28(36)19(3)33(17-20-10-11-22(30)16-24(20)31)27(35)18-34(25-8-6-7-9-26(25)39-5-2)40(37,38)23-14-12-21(29)13-15-23/h6-16,19H,4-5,17-18H2,1-3H3,(H,32,36). The van der Waals surface area contributed by atoms with Gasteiger partial charge in [0.1, 0.15) is 18.3 Å². The second kappa shape index (κ2) is 14.1. The topological polar surface area (TPSA) is 96.0 Å². The van der Waals surface area contributed by atoms with Crippen LogP contribution in [0.5, 0.6) is 5.75 Å². The first-order valence-corrected chi connectivity index (χ1v) is 15.1. The largest absolute Gasteiger partial charge is 0.492 e. The summed E-state index contributed by atoms with van der Waals surface area (Å²) in [5, 5.41) is 3.79. The number of carbonyl (C=O) groups is 2. The Morgan fingerprint density at radius 3 is 2.23 bits per heavy atom. The van der Waals surface area contributed by atoms with Gasteiger partial charge in [0.05, 0.1) is 17.2 Å². The molecule has 0 aliphatic rings. The second-order valence-electron chi connectivity index (χ2n) is 8.69. The highest BCUT2D eigenvalue weighted by Gasteiger charge is 2.34. The number of nitrogens with one attached hydrogen (secondary N) is 1. The van der Waals surface area contributed by atoms with Gasteiger partial charge in [-0.15, -0.1) is 0 Å². The average molecular weight is 627 g/mol. The fourth-order valence-electron chi connectivity index (χ4n) is 3.93. The van der Waals surface area contributed by atoms with Crippen LogP contribution in [0.3, 0.4) is 0 Å². The Kier molecular flexibility index (Phi) is 11.1. The summed E-state index contributed by atoms with van der Waals surface area (Å²) in [6.45, 7) is 5.04. The molecular weight excluding hydrogens is 597 g/mol. The van der Waals surface area contributed by atoms with Gasteiger partial charge in [-0.05, 0) is 74.9 Å². The summed E-state index contributed by atoms with van der Waals surface area (Å²) < 4.78 is 34.6. The number of carbonyl (C=O) groups excluding carboxylic acids is 2. The van der Waals surface area contributed by atoms with Crippen molar-refractivity contribution in [2.75, 3.05) is 24.0 Å². The van der Waals surface area contributed by atoms with Gasteiger partial charge in [0, 0.05) is 28.2 Å². The molecule has 0 fully saturated rings. The molecule has 12 heteroatoms. The van der Waals surface area contributed by atoms with E-state index < -0.39 is 34.4 Å². The molecule has 3 aromatic rings. The zero-order valence-electron chi connectivity index (χ0n) is 22.2. The zero-order valence-corrected chi connectivity index (χ0v) is 25.3. The Hall–Kier alpha value is -2.98. The minimum Gasteiger partial charge on any atom is -0.492 e. The smallest absolute Gasteiger partial charge is 0.264 e. The molecule has 0 spiro atoms. The highest BCUT2D eigenvalue weighted by atomic mass is 35.5. The van der Waals surface area contributed by atoms with Crippen LogP contribution in [0.4, 0.5) is 5.69 Å². The number of ether oxygens (including phenoxy) is 1. The Morgan fingerprint density at radius 2 is 1.60 bits per heavy atom. The number of hydrogen-bond donors (Lipinski definition) is 1. The first-order valence-electron chi connectivity index (χ1n) is 12.5. The van der Waals surface area contributed by atoms with Gasteiger partial charge in [0.25, 0.3) is 10.0 Å². The third-order valence-electron chi connectivity index (χ3n) is 5.99. The molecular formula is C28H30Cl3N3O5S. The van der Waals surface area contributed by atoms with E-state index in [1.807, 2.05) is 0 Å². The third kappa shape index (κ3) is 7.60. The predicted octanol–water partition coefficient (Wildman–Crippen LogP) is 5.79. The van der Waals surface area contributed by atoms with E-state index in [0.717, 1.165) is 4.31 Å². The number of amides is 2. The van der Waals surface area contributed by atoms with Gasteiger partial charge < -0.3 is 15.0 Å². The molecule has 0 aromatic heterocycles. The van der Waals surface area contributed by atoms with Crippen LogP contribution in [0.25, 0.3) is 0 Å². The molecule has 0 bridgehead atoms. The number of sulfonamides is 1. The number of nitrogens with zero attached hydrogens (tertiary/aromatic N) is 2. The zero-order chi connectivity index (χ0) is 29.4. The van der Waals surface area contributed by atoms with Crippen molar-refractivity contribution in [3.05, 3.63) is 87.4 Å². The summed E-state index contributed by atoms with van der Waals surface area (Å²) in [5.41, 5.74) is 0.708. The van der Waals surface area contributed by atoms with Crippen LogP contribution in [-0.2, 0) is 26.2 Å². The Morgan fingerprint density at radius 1 is 0.950 bits per heavy atom. The summed E-state index contributed by atoms with van der Waals surface area (Å²) in [6.07, 6.45) is 0. The third-order valence-corrected chi connectivity index (χ3v) is 8.60. The van der Waals surface area contributed by atoms with E-state index in [-0.39, 0.29) is 29.5 Å². The number of likely N-dealkylation sites (N-methyl/N-ethyl adjacent to an activating group) is 1. The second-order valence-corrected chi connectivity index (χ2v) is 11.8. The maximum absolute atomic E-state index is 14.0. The normalized spacial score (nSPS) is 11.9. The van der Waals surface area contributed by atoms with E-state index >= 15 is 0 Å². The summed E-state index contributed by atoms with van der Waals surface area (Å²) in [6, 6.07) is 16.0. The fourth-order valence-corrected chi connectivity index (χ4v) is 5.94. The van der Waals surface area contributed by atoms with Crippen molar-refractivity contribution < 1.29 is 22.7 Å². The number of hydrogen-bond acceptors (Lipinski definition) is 5. The number of benzene rings is 3. The van der Waals surface area contributed by atoms with Gasteiger partial charge in [-0.2, -0.15) is 0 Å². The minimum atomic E-state index is -4.28. The van der Waals surface area contributed by atoms with Crippen LogP contribution in [0.15, 0.2) is 71.6 Å². The number of rotatable bonds is 12. The average Bonchev–Trinajstić information content (AvgIpc) is 2.92. The van der Waals surface area contributed by atoms with Crippen molar-refractivity contribution in [2.24, 2.45) is 0 Å². The van der Waals surface area contributed by atoms with E-state index in [9.17, 15) is 18.0 Å². The highest BCUT2D eigenvalue weighted by Crippen LogP contribution is 2.33. The van der Waals surface area contributed by atoms with Crippen molar-refractivity contribution >= 4 is 62.3 Å². The lowest BCUT2D eigenvalue weighted by Crippen LogP contribution is -2.51. The molecule has 214 valence electrons. The van der Waals surface area contributed by atoms with E-state index in [1.165, 1.54) is 35.2 Å². The Balaban J connectivity index is 2.10. The molecule has 3 rings (SSSR count). The minimum absolute atomic E-state index is 0.0604. The van der Waals surface area contributed by atoms with Crippen LogP contribution in [-0.4, -0.2) is 50.9 Å². The van der Waals surface area contributed by atoms with Gasteiger partial charge in [0.15, 0.2) is 0 Å². The SMILES string of the molecule is CCNC(=O)C(C)N(Cc1ccc(Cl)cc1Cl)C(=O)CN(c1ccccc1OCC)S(=O)(=O)c1ccc(Cl)cc1. The lowest BCUT2D eigenvalue weighted by atomic mass is 10.1. The lowest BCUT2D eigenvalue weighted by molar-refractivity contribution is -0.139. The molecule has 0 aliphatic carbocycles. The van der Waals surface area contributed by atoms with Crippen molar-refractivity contribution in [3.8, 4) is 5.75 Å². The molecule has 3 aromatic carbocycles. The van der Waals surface area contributed by atoms with Crippen LogP contribution in [0.1, 0.15) is 26.3 Å². The first kappa shape index (κ1) is 31.5. The quantitative estimate of drug-likeness (QED) is 0.274. The number of para-hydroxylation sites is 2. The van der Waals surface area contributed by atoms with Crippen LogP contribution in [0.2, 0.25) is 15.1 Å². The van der Waals surface area contributed by atoms with Crippen molar-refractivity contribution in [1.29, 1.82) is 0 Å². The number of anilines is 1. The molecule has 2 amide bonds. The monoisotopic (exact) mass is 625 g/mol. The van der Waals surface area contributed by atoms with Gasteiger partial charge in [0.2, 0.25) is 11.8 Å². The molecule has 1 atom stereocenters.